The molecule has 2 rings (SSSR count). The average Bonchev–Trinajstić information content (AvgIpc) is 2.25. The predicted molar refractivity (Wildman–Crippen MR) is 61.9 cm³/mol. The van der Waals surface area contributed by atoms with Crippen LogP contribution in [0.25, 0.3) is 0 Å². The Kier molecular flexibility index (Phi) is 3.34. The van der Waals surface area contributed by atoms with Crippen LogP contribution in [-0.2, 0) is 6.54 Å². The molecule has 1 saturated heterocycles. The minimum absolute atomic E-state index is 0.989. The van der Waals surface area contributed by atoms with Gasteiger partial charge in [-0.2, -0.15) is 0 Å². The molecule has 0 aliphatic carbocycles. The molecule has 1 aromatic heterocycles. The van der Waals surface area contributed by atoms with Gasteiger partial charge in [0.25, 0.3) is 0 Å². The minimum atomic E-state index is 0.989. The summed E-state index contributed by atoms with van der Waals surface area (Å²) in [5.41, 5.74) is 3.63. The van der Waals surface area contributed by atoms with Crippen LogP contribution in [0.4, 0.5) is 0 Å². The molecule has 0 saturated carbocycles. The summed E-state index contributed by atoms with van der Waals surface area (Å²) in [5, 5.41) is 3.36. The summed E-state index contributed by atoms with van der Waals surface area (Å²) < 4.78 is 0. The Morgan fingerprint density at radius 1 is 1.27 bits per heavy atom. The first-order valence-corrected chi connectivity index (χ1v) is 5.62. The zero-order valence-electron chi connectivity index (χ0n) is 9.58. The van der Waals surface area contributed by atoms with Gasteiger partial charge < -0.3 is 5.32 Å². The summed E-state index contributed by atoms with van der Waals surface area (Å²) in [6.45, 7) is 9.65. The molecule has 0 atom stereocenters. The lowest BCUT2D eigenvalue weighted by Crippen LogP contribution is -2.43. The van der Waals surface area contributed by atoms with Gasteiger partial charge in [0.2, 0.25) is 0 Å². The number of hydrogen-bond acceptors (Lipinski definition) is 3. The van der Waals surface area contributed by atoms with Gasteiger partial charge in [-0.1, -0.05) is 6.07 Å². The van der Waals surface area contributed by atoms with Crippen LogP contribution in [0.2, 0.25) is 0 Å². The molecular formula is C12H19N3. The van der Waals surface area contributed by atoms with E-state index < -0.39 is 0 Å². The van der Waals surface area contributed by atoms with E-state index in [1.807, 2.05) is 0 Å². The molecule has 1 N–H and O–H groups in total. The molecule has 1 aliphatic heterocycles. The summed E-state index contributed by atoms with van der Waals surface area (Å²) in [6, 6.07) is 4.31. The van der Waals surface area contributed by atoms with Crippen molar-refractivity contribution in [3.8, 4) is 0 Å². The lowest BCUT2D eigenvalue weighted by Gasteiger charge is -2.26. The molecule has 0 aromatic carbocycles. The molecule has 1 aliphatic rings. The average molecular weight is 205 g/mol. The van der Waals surface area contributed by atoms with Gasteiger partial charge in [0.15, 0.2) is 0 Å². The van der Waals surface area contributed by atoms with E-state index in [1.54, 1.807) is 0 Å². The van der Waals surface area contributed by atoms with Gasteiger partial charge in [-0.3, -0.25) is 9.88 Å². The van der Waals surface area contributed by atoms with Crippen molar-refractivity contribution in [1.29, 1.82) is 0 Å². The Morgan fingerprint density at radius 3 is 2.67 bits per heavy atom. The van der Waals surface area contributed by atoms with Gasteiger partial charge in [-0.15, -0.1) is 0 Å². The van der Waals surface area contributed by atoms with Crippen LogP contribution >= 0.6 is 0 Å². The first-order chi connectivity index (χ1) is 7.25. The fraction of sp³-hybridized carbons (Fsp3) is 0.583. The van der Waals surface area contributed by atoms with Crippen molar-refractivity contribution < 1.29 is 0 Å². The number of piperazine rings is 1. The molecule has 1 fully saturated rings. The van der Waals surface area contributed by atoms with E-state index in [2.05, 4.69) is 41.2 Å². The minimum Gasteiger partial charge on any atom is -0.314 e. The molecule has 0 amide bonds. The third-order valence-electron chi connectivity index (χ3n) is 3.00. The molecule has 2 heterocycles. The van der Waals surface area contributed by atoms with Crippen LogP contribution in [0.3, 0.4) is 0 Å². The van der Waals surface area contributed by atoms with Crippen molar-refractivity contribution in [3.63, 3.8) is 0 Å². The molecular weight excluding hydrogens is 186 g/mol. The van der Waals surface area contributed by atoms with Gasteiger partial charge in [0, 0.05) is 38.4 Å². The summed E-state index contributed by atoms with van der Waals surface area (Å²) in [4.78, 5) is 7.06. The highest BCUT2D eigenvalue weighted by atomic mass is 15.2. The number of pyridine rings is 1. The summed E-state index contributed by atoms with van der Waals surface area (Å²) in [5.74, 6) is 0. The topological polar surface area (TPSA) is 28.2 Å². The van der Waals surface area contributed by atoms with Crippen LogP contribution in [0.1, 0.15) is 17.0 Å². The summed E-state index contributed by atoms with van der Waals surface area (Å²) in [7, 11) is 0. The Hall–Kier alpha value is -0.930. The maximum Gasteiger partial charge on any atom is 0.0547 e. The number of nitrogens with one attached hydrogen (secondary N) is 1. The Balaban J connectivity index is 2.00. The van der Waals surface area contributed by atoms with Crippen molar-refractivity contribution in [2.45, 2.75) is 20.4 Å². The van der Waals surface area contributed by atoms with E-state index in [9.17, 15) is 0 Å². The largest absolute Gasteiger partial charge is 0.314 e. The van der Waals surface area contributed by atoms with Crippen LogP contribution in [0.15, 0.2) is 12.1 Å². The zero-order chi connectivity index (χ0) is 10.7. The SMILES string of the molecule is Cc1ccc(CN2CCNCC2)nc1C. The van der Waals surface area contributed by atoms with E-state index >= 15 is 0 Å². The summed E-state index contributed by atoms with van der Waals surface area (Å²) in [6.07, 6.45) is 0. The fourth-order valence-electron chi connectivity index (χ4n) is 1.87. The van der Waals surface area contributed by atoms with E-state index in [-0.39, 0.29) is 0 Å². The first kappa shape index (κ1) is 10.6. The first-order valence-electron chi connectivity index (χ1n) is 5.62. The lowest BCUT2D eigenvalue weighted by atomic mass is 10.2. The van der Waals surface area contributed by atoms with Gasteiger partial charge in [-0.05, 0) is 25.5 Å². The number of hydrogen-bond donors (Lipinski definition) is 1. The molecule has 0 spiro atoms. The van der Waals surface area contributed by atoms with Gasteiger partial charge >= 0.3 is 0 Å². The molecule has 82 valence electrons. The maximum atomic E-state index is 4.60. The highest BCUT2D eigenvalue weighted by molar-refractivity contribution is 5.20. The van der Waals surface area contributed by atoms with E-state index in [0.717, 1.165) is 38.4 Å². The second kappa shape index (κ2) is 4.73. The van der Waals surface area contributed by atoms with Crippen molar-refractivity contribution in [1.82, 2.24) is 15.2 Å². The van der Waals surface area contributed by atoms with Crippen LogP contribution in [0.5, 0.6) is 0 Å². The third kappa shape index (κ3) is 2.76. The second-order valence-electron chi connectivity index (χ2n) is 4.23. The van der Waals surface area contributed by atoms with E-state index in [4.69, 9.17) is 0 Å². The zero-order valence-corrected chi connectivity index (χ0v) is 9.58. The summed E-state index contributed by atoms with van der Waals surface area (Å²) >= 11 is 0. The number of rotatable bonds is 2. The Bertz CT molecular complexity index is 330. The van der Waals surface area contributed by atoms with Gasteiger partial charge in [0.1, 0.15) is 0 Å². The van der Waals surface area contributed by atoms with Crippen LogP contribution in [-0.4, -0.2) is 36.1 Å². The molecule has 1 aromatic rings. The molecule has 0 radical (unpaired) electrons. The maximum absolute atomic E-state index is 4.60. The smallest absolute Gasteiger partial charge is 0.0547 e. The standard InChI is InChI=1S/C12H19N3/c1-10-3-4-12(14-11(10)2)9-15-7-5-13-6-8-15/h3-4,13H,5-9H2,1-2H3. The molecule has 0 unspecified atom stereocenters. The highest BCUT2D eigenvalue weighted by Crippen LogP contribution is 2.07. The van der Waals surface area contributed by atoms with E-state index in [0.29, 0.717) is 0 Å². The lowest BCUT2D eigenvalue weighted by molar-refractivity contribution is 0.230. The normalized spacial score (nSPS) is 18.0. The molecule has 3 heteroatoms. The number of aryl methyl sites for hydroxylation is 2. The van der Waals surface area contributed by atoms with Crippen molar-refractivity contribution in [3.05, 3.63) is 29.1 Å². The quantitative estimate of drug-likeness (QED) is 0.784. The fourth-order valence-corrected chi connectivity index (χ4v) is 1.87. The molecule has 3 nitrogen and oxygen atoms in total. The van der Waals surface area contributed by atoms with Crippen LogP contribution in [0, 0.1) is 13.8 Å². The van der Waals surface area contributed by atoms with Gasteiger partial charge in [-0.25, -0.2) is 0 Å². The van der Waals surface area contributed by atoms with Crippen molar-refractivity contribution >= 4 is 0 Å². The Morgan fingerprint density at radius 2 is 2.00 bits per heavy atom. The van der Waals surface area contributed by atoms with Crippen molar-refractivity contribution in [2.24, 2.45) is 0 Å². The molecule has 15 heavy (non-hydrogen) atoms. The predicted octanol–water partition coefficient (Wildman–Crippen LogP) is 1.10. The molecule has 0 bridgehead atoms. The third-order valence-corrected chi connectivity index (χ3v) is 3.00. The number of aromatic nitrogens is 1. The monoisotopic (exact) mass is 205 g/mol. The van der Waals surface area contributed by atoms with Crippen molar-refractivity contribution in [2.75, 3.05) is 26.2 Å². The van der Waals surface area contributed by atoms with Crippen LogP contribution < -0.4 is 5.32 Å². The van der Waals surface area contributed by atoms with Gasteiger partial charge in [0.05, 0.1) is 5.69 Å². The van der Waals surface area contributed by atoms with E-state index in [1.165, 1.54) is 11.3 Å². The highest BCUT2D eigenvalue weighted by Gasteiger charge is 2.10. The second-order valence-corrected chi connectivity index (χ2v) is 4.23. The number of nitrogens with zero attached hydrogens (tertiary/aromatic N) is 2. The Labute approximate surface area is 91.5 Å².